The first kappa shape index (κ1) is 16.7. The van der Waals surface area contributed by atoms with Crippen molar-refractivity contribution in [3.05, 3.63) is 34.3 Å². The Morgan fingerprint density at radius 2 is 1.95 bits per heavy atom. The molecule has 0 radical (unpaired) electrons. The van der Waals surface area contributed by atoms with Gasteiger partial charge in [-0.05, 0) is 36.6 Å². The predicted octanol–water partition coefficient (Wildman–Crippen LogP) is 4.21. The number of hydrogen-bond donors (Lipinski definition) is 1. The summed E-state index contributed by atoms with van der Waals surface area (Å²) in [6, 6.07) is 8.91. The van der Waals surface area contributed by atoms with Crippen molar-refractivity contribution in [1.82, 2.24) is 4.90 Å². The molecule has 0 bridgehead atoms. The third kappa shape index (κ3) is 5.25. The van der Waals surface area contributed by atoms with Crippen LogP contribution in [0.4, 0.5) is 0 Å². The van der Waals surface area contributed by atoms with E-state index in [-0.39, 0.29) is 17.5 Å². The molecule has 0 saturated heterocycles. The molecule has 0 fully saturated rings. The van der Waals surface area contributed by atoms with E-state index in [1.54, 1.807) is 0 Å². The van der Waals surface area contributed by atoms with E-state index in [1.165, 1.54) is 5.56 Å². The summed E-state index contributed by atoms with van der Waals surface area (Å²) < 4.78 is 1.11. The van der Waals surface area contributed by atoms with Crippen molar-refractivity contribution < 1.29 is 0 Å². The van der Waals surface area contributed by atoms with Gasteiger partial charge in [-0.3, -0.25) is 4.90 Å². The monoisotopic (exact) mass is 326 g/mol. The van der Waals surface area contributed by atoms with Crippen molar-refractivity contribution in [1.29, 1.82) is 0 Å². The molecule has 0 heterocycles. The Kier molecular flexibility index (Phi) is 6.03. The minimum Gasteiger partial charge on any atom is -0.326 e. The van der Waals surface area contributed by atoms with E-state index >= 15 is 0 Å². The first-order chi connectivity index (χ1) is 8.74. The van der Waals surface area contributed by atoms with Crippen LogP contribution in [-0.4, -0.2) is 24.5 Å². The van der Waals surface area contributed by atoms with Gasteiger partial charge in [0.05, 0.1) is 0 Å². The lowest BCUT2D eigenvalue weighted by atomic mass is 9.91. The fraction of sp³-hybridized carbons (Fsp3) is 0.625. The number of likely N-dealkylation sites (N-methyl/N-ethyl adjacent to an activating group) is 1. The molecule has 2 nitrogen and oxygen atoms in total. The van der Waals surface area contributed by atoms with Crippen LogP contribution in [0.5, 0.6) is 0 Å². The lowest BCUT2D eigenvalue weighted by Gasteiger charge is -2.36. The van der Waals surface area contributed by atoms with Crippen LogP contribution in [0.2, 0.25) is 0 Å². The summed E-state index contributed by atoms with van der Waals surface area (Å²) in [5.74, 6) is 0. The first-order valence-corrected chi connectivity index (χ1v) is 7.75. The molecule has 0 aromatic heterocycles. The van der Waals surface area contributed by atoms with Gasteiger partial charge in [0, 0.05) is 23.1 Å². The maximum Gasteiger partial charge on any atom is 0.0496 e. The van der Waals surface area contributed by atoms with Gasteiger partial charge in [-0.25, -0.2) is 0 Å². The van der Waals surface area contributed by atoms with Crippen molar-refractivity contribution in [3.8, 4) is 0 Å². The Morgan fingerprint density at radius 1 is 1.32 bits per heavy atom. The molecule has 2 unspecified atom stereocenters. The minimum atomic E-state index is 0.154. The van der Waals surface area contributed by atoms with Gasteiger partial charge in [0.15, 0.2) is 0 Å². The number of rotatable bonds is 5. The average Bonchev–Trinajstić information content (AvgIpc) is 2.26. The molecule has 19 heavy (non-hydrogen) atoms. The Bertz CT molecular complexity index is 398. The standard InChI is InChI=1S/C16H27BrN2/c1-6-14(18)15(19(5)11-16(2,3)4)12-8-7-9-13(17)10-12/h7-10,14-15H,6,11,18H2,1-5H3. The van der Waals surface area contributed by atoms with Gasteiger partial charge in [-0.2, -0.15) is 0 Å². The normalized spacial score (nSPS) is 15.6. The molecule has 108 valence electrons. The molecule has 1 aromatic carbocycles. The maximum atomic E-state index is 6.36. The Morgan fingerprint density at radius 3 is 2.42 bits per heavy atom. The van der Waals surface area contributed by atoms with Crippen LogP contribution < -0.4 is 5.73 Å². The van der Waals surface area contributed by atoms with Crippen LogP contribution >= 0.6 is 15.9 Å². The lowest BCUT2D eigenvalue weighted by molar-refractivity contribution is 0.151. The van der Waals surface area contributed by atoms with Gasteiger partial charge in [0.1, 0.15) is 0 Å². The molecule has 2 atom stereocenters. The molecule has 2 N–H and O–H groups in total. The van der Waals surface area contributed by atoms with E-state index in [9.17, 15) is 0 Å². The summed E-state index contributed by atoms with van der Waals surface area (Å²) in [6.07, 6.45) is 0.978. The molecule has 0 spiro atoms. The van der Waals surface area contributed by atoms with Gasteiger partial charge >= 0.3 is 0 Å². The Hall–Kier alpha value is -0.380. The Balaban J connectivity index is 3.01. The second-order valence-electron chi connectivity index (χ2n) is 6.55. The van der Waals surface area contributed by atoms with E-state index in [0.29, 0.717) is 0 Å². The summed E-state index contributed by atoms with van der Waals surface area (Å²) in [4.78, 5) is 2.38. The predicted molar refractivity (Wildman–Crippen MR) is 87.2 cm³/mol. The van der Waals surface area contributed by atoms with Crippen LogP contribution in [-0.2, 0) is 0 Å². The number of halogens is 1. The minimum absolute atomic E-state index is 0.154. The topological polar surface area (TPSA) is 29.3 Å². The van der Waals surface area contributed by atoms with Gasteiger partial charge in [-0.1, -0.05) is 55.8 Å². The van der Waals surface area contributed by atoms with Crippen LogP contribution in [0.3, 0.4) is 0 Å². The van der Waals surface area contributed by atoms with Crippen molar-refractivity contribution in [2.45, 2.75) is 46.2 Å². The highest BCUT2D eigenvalue weighted by Gasteiger charge is 2.26. The fourth-order valence-corrected chi connectivity index (χ4v) is 3.01. The number of hydrogen-bond acceptors (Lipinski definition) is 2. The zero-order valence-corrected chi connectivity index (χ0v) is 14.4. The van der Waals surface area contributed by atoms with E-state index in [2.05, 4.69) is 79.8 Å². The van der Waals surface area contributed by atoms with E-state index in [1.807, 2.05) is 0 Å². The van der Waals surface area contributed by atoms with Crippen LogP contribution in [0.15, 0.2) is 28.7 Å². The SMILES string of the molecule is CCC(N)C(c1cccc(Br)c1)N(C)CC(C)(C)C. The van der Waals surface area contributed by atoms with Crippen LogP contribution in [0.1, 0.15) is 45.7 Å². The number of benzene rings is 1. The third-order valence-corrected chi connectivity index (χ3v) is 3.76. The van der Waals surface area contributed by atoms with Crippen molar-refractivity contribution in [3.63, 3.8) is 0 Å². The Labute approximate surface area is 126 Å². The third-order valence-electron chi connectivity index (χ3n) is 3.27. The summed E-state index contributed by atoms with van der Waals surface area (Å²) in [7, 11) is 2.17. The van der Waals surface area contributed by atoms with Gasteiger partial charge in [0.2, 0.25) is 0 Å². The van der Waals surface area contributed by atoms with Crippen molar-refractivity contribution in [2.24, 2.45) is 11.1 Å². The van der Waals surface area contributed by atoms with Crippen molar-refractivity contribution in [2.75, 3.05) is 13.6 Å². The van der Waals surface area contributed by atoms with E-state index in [4.69, 9.17) is 5.73 Å². The van der Waals surface area contributed by atoms with Gasteiger partial charge in [0.25, 0.3) is 0 Å². The average molecular weight is 327 g/mol. The summed E-state index contributed by atoms with van der Waals surface area (Å²) in [5, 5.41) is 0. The molecule has 1 aromatic rings. The van der Waals surface area contributed by atoms with Crippen LogP contribution in [0, 0.1) is 5.41 Å². The van der Waals surface area contributed by atoms with Crippen LogP contribution in [0.25, 0.3) is 0 Å². The lowest BCUT2D eigenvalue weighted by Crippen LogP contribution is -2.42. The highest BCUT2D eigenvalue weighted by Crippen LogP contribution is 2.28. The summed E-state index contributed by atoms with van der Waals surface area (Å²) in [6.45, 7) is 9.97. The smallest absolute Gasteiger partial charge is 0.0496 e. The zero-order valence-electron chi connectivity index (χ0n) is 12.8. The van der Waals surface area contributed by atoms with E-state index < -0.39 is 0 Å². The molecular weight excluding hydrogens is 300 g/mol. The van der Waals surface area contributed by atoms with Gasteiger partial charge in [-0.15, -0.1) is 0 Å². The summed E-state index contributed by atoms with van der Waals surface area (Å²) >= 11 is 3.55. The molecule has 0 amide bonds. The van der Waals surface area contributed by atoms with Crippen molar-refractivity contribution >= 4 is 15.9 Å². The molecule has 0 aliphatic heterocycles. The summed E-state index contributed by atoms with van der Waals surface area (Å²) in [5.41, 5.74) is 7.92. The molecule has 1 rings (SSSR count). The van der Waals surface area contributed by atoms with E-state index in [0.717, 1.165) is 17.4 Å². The first-order valence-electron chi connectivity index (χ1n) is 6.96. The number of nitrogens with two attached hydrogens (primary N) is 1. The molecule has 0 saturated carbocycles. The molecule has 3 heteroatoms. The molecule has 0 aliphatic carbocycles. The van der Waals surface area contributed by atoms with Gasteiger partial charge < -0.3 is 5.73 Å². The molecular formula is C16H27BrN2. The number of nitrogens with zero attached hydrogens (tertiary/aromatic N) is 1. The second kappa shape index (κ2) is 6.87. The fourth-order valence-electron chi connectivity index (χ4n) is 2.59. The largest absolute Gasteiger partial charge is 0.326 e. The highest BCUT2D eigenvalue weighted by molar-refractivity contribution is 9.10. The maximum absolute atomic E-state index is 6.36. The quantitative estimate of drug-likeness (QED) is 0.878. The molecule has 0 aliphatic rings. The zero-order chi connectivity index (χ0) is 14.6. The highest BCUT2D eigenvalue weighted by atomic mass is 79.9. The second-order valence-corrected chi connectivity index (χ2v) is 7.46.